The molecule has 0 aliphatic rings. The van der Waals surface area contributed by atoms with Crippen molar-refractivity contribution in [3.63, 3.8) is 0 Å². The fraction of sp³-hybridized carbons (Fsp3) is 0.947. The molecule has 0 fully saturated rings. The first kappa shape index (κ1) is 22.9. The molecule has 2 N–H and O–H groups in total. The van der Waals surface area contributed by atoms with Crippen LogP contribution >= 0.6 is 0 Å². The molecule has 0 unspecified atom stereocenters. The van der Waals surface area contributed by atoms with Gasteiger partial charge in [-0.1, -0.05) is 45.4 Å². The molecule has 3 nitrogen and oxygen atoms in total. The Morgan fingerprint density at radius 2 is 1.39 bits per heavy atom. The number of esters is 1. The molecular formula is C19H39NO2Se. The Balaban J connectivity index is 3.19. The van der Waals surface area contributed by atoms with Gasteiger partial charge in [-0.15, -0.1) is 0 Å². The maximum absolute atomic E-state index is 11.6. The van der Waals surface area contributed by atoms with Gasteiger partial charge in [0.25, 0.3) is 0 Å². The van der Waals surface area contributed by atoms with Crippen molar-refractivity contribution in [3.05, 3.63) is 0 Å². The number of hydrogen-bond acceptors (Lipinski definition) is 3. The first-order valence-electron chi connectivity index (χ1n) is 9.63. The average Bonchev–Trinajstić information content (AvgIpc) is 2.56. The second-order valence-corrected chi connectivity index (χ2v) is 8.51. The molecule has 0 heterocycles. The van der Waals surface area contributed by atoms with Gasteiger partial charge < -0.3 is 0 Å². The van der Waals surface area contributed by atoms with Gasteiger partial charge >= 0.3 is 105 Å². The minimum absolute atomic E-state index is 0.211. The average molecular weight is 392 g/mol. The zero-order valence-electron chi connectivity index (χ0n) is 15.5. The van der Waals surface area contributed by atoms with E-state index in [4.69, 9.17) is 10.5 Å². The molecule has 23 heavy (non-hydrogen) atoms. The van der Waals surface area contributed by atoms with E-state index in [-0.39, 0.29) is 5.97 Å². The van der Waals surface area contributed by atoms with E-state index < -0.39 is 6.04 Å². The standard InChI is InChI=1S/C19H39NO2Se/c1-3-4-5-6-7-8-9-10-11-12-13-14-16-22-19(21)18(20)15-17-23-2/h18H,3-17,20H2,1-2H3/t18-/m0/s1. The monoisotopic (exact) mass is 393 g/mol. The Morgan fingerprint density at radius 3 is 1.87 bits per heavy atom. The number of unbranched alkanes of at least 4 members (excludes halogenated alkanes) is 11. The van der Waals surface area contributed by atoms with Crippen LogP contribution < -0.4 is 5.73 Å². The van der Waals surface area contributed by atoms with Crippen LogP contribution in [-0.4, -0.2) is 33.6 Å². The van der Waals surface area contributed by atoms with Crippen molar-refractivity contribution in [3.8, 4) is 0 Å². The molecule has 0 aromatic heterocycles. The van der Waals surface area contributed by atoms with Crippen molar-refractivity contribution in [2.24, 2.45) is 5.73 Å². The van der Waals surface area contributed by atoms with Crippen LogP contribution in [0.3, 0.4) is 0 Å². The number of nitrogens with two attached hydrogens (primary N) is 1. The van der Waals surface area contributed by atoms with E-state index in [2.05, 4.69) is 12.7 Å². The molecule has 0 bridgehead atoms. The molecule has 0 aliphatic heterocycles. The number of hydrogen-bond donors (Lipinski definition) is 1. The topological polar surface area (TPSA) is 52.3 Å². The van der Waals surface area contributed by atoms with Gasteiger partial charge in [-0.25, -0.2) is 0 Å². The number of carbonyl (C=O) groups excluding carboxylic acids is 1. The third-order valence-electron chi connectivity index (χ3n) is 4.18. The van der Waals surface area contributed by atoms with Crippen molar-refractivity contribution in [1.82, 2.24) is 0 Å². The third kappa shape index (κ3) is 16.6. The van der Waals surface area contributed by atoms with Crippen molar-refractivity contribution in [1.29, 1.82) is 0 Å². The fourth-order valence-electron chi connectivity index (χ4n) is 2.59. The predicted octanol–water partition coefficient (Wildman–Crippen LogP) is 5.12. The summed E-state index contributed by atoms with van der Waals surface area (Å²) < 4.78 is 5.24. The second-order valence-electron chi connectivity index (χ2n) is 6.44. The fourth-order valence-corrected chi connectivity index (χ4v) is 3.61. The van der Waals surface area contributed by atoms with Crippen LogP contribution in [0.25, 0.3) is 0 Å². The first-order valence-corrected chi connectivity index (χ1v) is 12.6. The van der Waals surface area contributed by atoms with E-state index in [0.717, 1.165) is 24.6 Å². The van der Waals surface area contributed by atoms with Gasteiger partial charge in [0.1, 0.15) is 0 Å². The van der Waals surface area contributed by atoms with Crippen molar-refractivity contribution >= 4 is 20.9 Å². The van der Waals surface area contributed by atoms with Gasteiger partial charge in [0, 0.05) is 0 Å². The Morgan fingerprint density at radius 1 is 0.913 bits per heavy atom. The van der Waals surface area contributed by atoms with Gasteiger partial charge in [-0.2, -0.15) is 0 Å². The second kappa shape index (κ2) is 18.3. The number of ether oxygens (including phenoxy) is 1. The summed E-state index contributed by atoms with van der Waals surface area (Å²) >= 11 is 0.591. The maximum atomic E-state index is 11.6. The van der Waals surface area contributed by atoms with Crippen LogP contribution in [0.4, 0.5) is 0 Å². The molecule has 138 valence electrons. The van der Waals surface area contributed by atoms with Crippen LogP contribution in [0.2, 0.25) is 11.1 Å². The predicted molar refractivity (Wildman–Crippen MR) is 101 cm³/mol. The van der Waals surface area contributed by atoms with E-state index in [0.29, 0.717) is 21.6 Å². The normalized spacial score (nSPS) is 12.3. The Kier molecular flexibility index (Phi) is 18.3. The van der Waals surface area contributed by atoms with Crippen LogP contribution in [0.15, 0.2) is 0 Å². The van der Waals surface area contributed by atoms with Gasteiger partial charge in [0.15, 0.2) is 0 Å². The van der Waals surface area contributed by atoms with Crippen molar-refractivity contribution in [2.75, 3.05) is 6.61 Å². The van der Waals surface area contributed by atoms with E-state index in [1.165, 1.54) is 64.2 Å². The SMILES string of the molecule is CCCCCCCCCCCCCCOC(=O)[C@@H](N)CC[Se]C. The summed E-state index contributed by atoms with van der Waals surface area (Å²) in [6, 6.07) is -0.408. The summed E-state index contributed by atoms with van der Waals surface area (Å²) in [6.07, 6.45) is 16.6. The van der Waals surface area contributed by atoms with Gasteiger partial charge in [0.05, 0.1) is 0 Å². The van der Waals surface area contributed by atoms with E-state index in [1.54, 1.807) is 0 Å². The zero-order valence-corrected chi connectivity index (χ0v) is 17.2. The molecule has 0 radical (unpaired) electrons. The molecule has 0 rings (SSSR count). The molecule has 4 heteroatoms. The minimum atomic E-state index is -0.408. The summed E-state index contributed by atoms with van der Waals surface area (Å²) in [7, 11) is 0. The molecule has 0 saturated carbocycles. The molecule has 0 saturated heterocycles. The zero-order chi connectivity index (χ0) is 17.2. The molecule has 0 amide bonds. The third-order valence-corrected chi connectivity index (χ3v) is 5.53. The van der Waals surface area contributed by atoms with Gasteiger partial charge in [-0.3, -0.25) is 0 Å². The molecule has 0 aromatic carbocycles. The van der Waals surface area contributed by atoms with Crippen molar-refractivity contribution < 1.29 is 9.53 Å². The van der Waals surface area contributed by atoms with Crippen LogP contribution in [0, 0.1) is 0 Å². The van der Waals surface area contributed by atoms with Crippen molar-refractivity contribution in [2.45, 2.75) is 108 Å². The quantitative estimate of drug-likeness (QED) is 0.212. The van der Waals surface area contributed by atoms with E-state index >= 15 is 0 Å². The molecular weight excluding hydrogens is 353 g/mol. The first-order chi connectivity index (χ1) is 11.2. The molecule has 0 spiro atoms. The van der Waals surface area contributed by atoms with Crippen LogP contribution in [0.5, 0.6) is 0 Å². The van der Waals surface area contributed by atoms with Crippen LogP contribution in [0.1, 0.15) is 90.4 Å². The van der Waals surface area contributed by atoms with E-state index in [9.17, 15) is 4.79 Å². The summed E-state index contributed by atoms with van der Waals surface area (Å²) in [5.41, 5.74) is 5.79. The number of carbonyl (C=O) groups is 1. The van der Waals surface area contributed by atoms with Crippen LogP contribution in [-0.2, 0) is 9.53 Å². The number of rotatable bonds is 17. The van der Waals surface area contributed by atoms with E-state index in [1.807, 2.05) is 0 Å². The summed E-state index contributed by atoms with van der Waals surface area (Å²) in [6.45, 7) is 2.81. The molecule has 1 atom stereocenters. The Labute approximate surface area is 150 Å². The summed E-state index contributed by atoms with van der Waals surface area (Å²) in [5, 5.41) is 1.06. The van der Waals surface area contributed by atoms with Gasteiger partial charge in [0.2, 0.25) is 0 Å². The van der Waals surface area contributed by atoms with Gasteiger partial charge in [-0.05, 0) is 0 Å². The molecule has 0 aliphatic carbocycles. The Bertz CT molecular complexity index is 262. The summed E-state index contributed by atoms with van der Waals surface area (Å²) in [4.78, 5) is 11.6. The molecule has 0 aromatic rings. The summed E-state index contributed by atoms with van der Waals surface area (Å²) in [5.74, 6) is 1.95. The Hall–Kier alpha value is -0.0505.